The van der Waals surface area contributed by atoms with E-state index < -0.39 is 0 Å². The van der Waals surface area contributed by atoms with E-state index in [0.29, 0.717) is 0 Å². The summed E-state index contributed by atoms with van der Waals surface area (Å²) >= 11 is 0. The fourth-order valence-corrected chi connectivity index (χ4v) is 9.08. The molecule has 10 rings (SSSR count). The number of rotatable bonds is 7. The maximum atomic E-state index is 6.42. The molecule has 53 heavy (non-hydrogen) atoms. The molecule has 0 radical (unpaired) electrons. The van der Waals surface area contributed by atoms with E-state index in [1.165, 1.54) is 55.6 Å². The predicted octanol–water partition coefficient (Wildman–Crippen LogP) is 14.6. The summed E-state index contributed by atoms with van der Waals surface area (Å²) < 4.78 is 6.42. The molecule has 2 heteroatoms. The normalized spacial score (nSPS) is 13.0. The minimum atomic E-state index is -0.0109. The van der Waals surface area contributed by atoms with Gasteiger partial charge in [-0.25, -0.2) is 0 Å². The molecule has 9 aromatic rings. The Hall–Kier alpha value is -6.38. The van der Waals surface area contributed by atoms with Crippen LogP contribution in [0.2, 0.25) is 0 Å². The van der Waals surface area contributed by atoms with Crippen molar-refractivity contribution in [1.29, 1.82) is 0 Å². The molecule has 1 aliphatic carbocycles. The highest BCUT2D eigenvalue weighted by Crippen LogP contribution is 2.54. The molecule has 8 aromatic carbocycles. The van der Waals surface area contributed by atoms with Crippen molar-refractivity contribution in [1.82, 2.24) is 0 Å². The van der Waals surface area contributed by atoms with E-state index >= 15 is 0 Å². The molecule has 2 nitrogen and oxygen atoms in total. The first kappa shape index (κ1) is 31.4. The third-order valence-corrected chi connectivity index (χ3v) is 11.8. The molecular formula is C51H39NO. The zero-order valence-electron chi connectivity index (χ0n) is 30.0. The van der Waals surface area contributed by atoms with E-state index in [1.807, 2.05) is 6.07 Å². The second-order valence-electron chi connectivity index (χ2n) is 14.3. The first-order chi connectivity index (χ1) is 26.2. The van der Waals surface area contributed by atoms with Gasteiger partial charge in [0, 0.05) is 38.6 Å². The molecule has 0 N–H and O–H groups in total. The number of hydrogen-bond donors (Lipinski definition) is 0. The molecule has 0 amide bonds. The van der Waals surface area contributed by atoms with Gasteiger partial charge in [-0.3, -0.25) is 0 Å². The Kier molecular flexibility index (Phi) is 7.33. The van der Waals surface area contributed by atoms with E-state index in [0.717, 1.165) is 51.5 Å². The van der Waals surface area contributed by atoms with Gasteiger partial charge in [0.05, 0.1) is 0 Å². The third kappa shape index (κ3) is 4.86. The molecule has 1 aliphatic rings. The fourth-order valence-electron chi connectivity index (χ4n) is 9.08. The Bertz CT molecular complexity index is 2800. The first-order valence-electron chi connectivity index (χ1n) is 18.8. The quantitative estimate of drug-likeness (QED) is 0.166. The summed E-state index contributed by atoms with van der Waals surface area (Å²) in [6, 6.07) is 64.2. The molecule has 0 spiro atoms. The van der Waals surface area contributed by atoms with Gasteiger partial charge in [-0.15, -0.1) is 0 Å². The standard InChI is InChI=1S/C51H39NO/c1-3-51(4-2)47-22-10-8-18-42(47)43-29-28-39(33-48(43)51)52(38-17-12-16-36(32-38)34-14-6-5-7-15-34)37-26-24-35(25-27-37)40-20-13-21-45-41(40)30-31-46-44-19-9-11-23-49(44)53-50(45)46/h5-33H,3-4H2,1-2H3. The highest BCUT2D eigenvalue weighted by atomic mass is 16.3. The van der Waals surface area contributed by atoms with Crippen LogP contribution in [0, 0.1) is 0 Å². The van der Waals surface area contributed by atoms with Gasteiger partial charge in [-0.1, -0.05) is 141 Å². The topological polar surface area (TPSA) is 16.4 Å². The van der Waals surface area contributed by atoms with Crippen molar-refractivity contribution in [3.63, 3.8) is 0 Å². The monoisotopic (exact) mass is 681 g/mol. The first-order valence-corrected chi connectivity index (χ1v) is 18.8. The van der Waals surface area contributed by atoms with E-state index in [1.54, 1.807) is 0 Å². The Labute approximate surface area is 310 Å². The number of fused-ring (bicyclic) bond motifs is 8. The van der Waals surface area contributed by atoms with Crippen molar-refractivity contribution in [3.8, 4) is 33.4 Å². The number of furan rings is 1. The van der Waals surface area contributed by atoms with Crippen molar-refractivity contribution < 1.29 is 4.42 Å². The largest absolute Gasteiger partial charge is 0.455 e. The molecule has 1 heterocycles. The van der Waals surface area contributed by atoms with Crippen LogP contribution in [0.1, 0.15) is 37.8 Å². The van der Waals surface area contributed by atoms with Gasteiger partial charge >= 0.3 is 0 Å². The highest BCUT2D eigenvalue weighted by Gasteiger charge is 2.40. The van der Waals surface area contributed by atoms with Gasteiger partial charge < -0.3 is 9.32 Å². The SMILES string of the molecule is CCC1(CC)c2ccccc2-c2ccc(N(c3ccc(-c4cccc5c4ccc4c6ccccc6oc54)cc3)c3cccc(-c4ccccc4)c3)cc21. The van der Waals surface area contributed by atoms with Gasteiger partial charge in [0.1, 0.15) is 11.2 Å². The van der Waals surface area contributed by atoms with Gasteiger partial charge in [-0.2, -0.15) is 0 Å². The van der Waals surface area contributed by atoms with Crippen LogP contribution < -0.4 is 4.90 Å². The van der Waals surface area contributed by atoms with Crippen molar-refractivity contribution in [2.45, 2.75) is 32.1 Å². The zero-order valence-corrected chi connectivity index (χ0v) is 30.0. The predicted molar refractivity (Wildman–Crippen MR) is 224 cm³/mol. The lowest BCUT2D eigenvalue weighted by atomic mass is 9.74. The van der Waals surface area contributed by atoms with E-state index in [9.17, 15) is 0 Å². The average Bonchev–Trinajstić information content (AvgIpc) is 3.75. The smallest absolute Gasteiger partial charge is 0.143 e. The van der Waals surface area contributed by atoms with Crippen molar-refractivity contribution in [3.05, 3.63) is 187 Å². The Morgan fingerprint density at radius 3 is 1.89 bits per heavy atom. The van der Waals surface area contributed by atoms with Crippen LogP contribution in [0.4, 0.5) is 17.1 Å². The van der Waals surface area contributed by atoms with Crippen LogP contribution in [0.25, 0.3) is 66.1 Å². The summed E-state index contributed by atoms with van der Waals surface area (Å²) in [5.74, 6) is 0. The summed E-state index contributed by atoms with van der Waals surface area (Å²) in [6.45, 7) is 4.68. The maximum absolute atomic E-state index is 6.42. The van der Waals surface area contributed by atoms with Gasteiger partial charge in [0.25, 0.3) is 0 Å². The van der Waals surface area contributed by atoms with Crippen LogP contribution in [0.15, 0.2) is 180 Å². The summed E-state index contributed by atoms with van der Waals surface area (Å²) in [5, 5.41) is 4.63. The Morgan fingerprint density at radius 1 is 0.415 bits per heavy atom. The molecule has 254 valence electrons. The highest BCUT2D eigenvalue weighted by molar-refractivity contribution is 6.17. The third-order valence-electron chi connectivity index (χ3n) is 11.8. The summed E-state index contributed by atoms with van der Waals surface area (Å²) in [7, 11) is 0. The number of anilines is 3. The molecule has 0 unspecified atom stereocenters. The molecule has 0 bridgehead atoms. The van der Waals surface area contributed by atoms with Gasteiger partial charge in [0.2, 0.25) is 0 Å². The lowest BCUT2D eigenvalue weighted by Gasteiger charge is -2.32. The van der Waals surface area contributed by atoms with Crippen LogP contribution in [0.5, 0.6) is 0 Å². The van der Waals surface area contributed by atoms with Gasteiger partial charge in [0.15, 0.2) is 0 Å². The molecule has 1 aromatic heterocycles. The number of para-hydroxylation sites is 1. The van der Waals surface area contributed by atoms with Crippen LogP contribution in [-0.4, -0.2) is 0 Å². The number of nitrogens with zero attached hydrogens (tertiary/aromatic N) is 1. The molecule has 0 saturated heterocycles. The van der Waals surface area contributed by atoms with E-state index in [4.69, 9.17) is 4.42 Å². The Balaban J connectivity index is 1.12. The summed E-state index contributed by atoms with van der Waals surface area (Å²) in [5.41, 5.74) is 15.6. The molecule has 0 fully saturated rings. The molecule has 0 atom stereocenters. The van der Waals surface area contributed by atoms with Crippen LogP contribution >= 0.6 is 0 Å². The number of benzene rings is 8. The van der Waals surface area contributed by atoms with Crippen LogP contribution in [0.3, 0.4) is 0 Å². The Morgan fingerprint density at radius 2 is 1.04 bits per heavy atom. The minimum absolute atomic E-state index is 0.0109. The van der Waals surface area contributed by atoms with Crippen LogP contribution in [-0.2, 0) is 5.41 Å². The van der Waals surface area contributed by atoms with E-state index in [-0.39, 0.29) is 5.41 Å². The second kappa shape index (κ2) is 12.4. The minimum Gasteiger partial charge on any atom is -0.455 e. The second-order valence-corrected chi connectivity index (χ2v) is 14.3. The van der Waals surface area contributed by atoms with E-state index in [2.05, 4.69) is 189 Å². The average molecular weight is 682 g/mol. The lowest BCUT2D eigenvalue weighted by molar-refractivity contribution is 0.490. The zero-order chi connectivity index (χ0) is 35.5. The molecular weight excluding hydrogens is 643 g/mol. The molecule has 0 saturated carbocycles. The summed E-state index contributed by atoms with van der Waals surface area (Å²) in [6.07, 6.45) is 2.11. The summed E-state index contributed by atoms with van der Waals surface area (Å²) in [4.78, 5) is 2.43. The fraction of sp³-hybridized carbons (Fsp3) is 0.0980. The van der Waals surface area contributed by atoms with Crippen molar-refractivity contribution >= 4 is 49.8 Å². The van der Waals surface area contributed by atoms with Crippen molar-refractivity contribution in [2.75, 3.05) is 4.90 Å². The molecule has 0 aliphatic heterocycles. The lowest BCUT2D eigenvalue weighted by Crippen LogP contribution is -2.23. The maximum Gasteiger partial charge on any atom is 0.143 e. The van der Waals surface area contributed by atoms with Gasteiger partial charge in [-0.05, 0) is 111 Å². The number of hydrogen-bond acceptors (Lipinski definition) is 2. The van der Waals surface area contributed by atoms with Crippen molar-refractivity contribution in [2.24, 2.45) is 0 Å².